The molecule has 0 aliphatic heterocycles. The van der Waals surface area contributed by atoms with Gasteiger partial charge in [0.15, 0.2) is 0 Å². The van der Waals surface area contributed by atoms with Crippen LogP contribution in [0.15, 0.2) is 0 Å². The Labute approximate surface area is 139 Å². The molecule has 0 radical (unpaired) electrons. The first-order valence-electron chi connectivity index (χ1n) is 10.9. The molecule has 0 amide bonds. The molecule has 0 spiro atoms. The van der Waals surface area contributed by atoms with Crippen molar-refractivity contribution < 1.29 is 14.3 Å². The molecule has 0 aromatic carbocycles. The van der Waals surface area contributed by atoms with Crippen molar-refractivity contribution in [3.8, 4) is 0 Å². The van der Waals surface area contributed by atoms with E-state index in [2.05, 4.69) is 13.8 Å². The summed E-state index contributed by atoms with van der Waals surface area (Å²) in [5, 5.41) is 21.3. The Morgan fingerprint density at radius 2 is 1.73 bits per heavy atom. The van der Waals surface area contributed by atoms with E-state index in [9.17, 15) is 10.2 Å². The molecule has 4 fully saturated rings. The first-order valence-corrected chi connectivity index (χ1v) is 9.43. The smallest absolute Gasteiger partial charge is 0.0675 e. The maximum Gasteiger partial charge on any atom is 0.0675 e. The van der Waals surface area contributed by atoms with Gasteiger partial charge in [-0.3, -0.25) is 0 Å². The number of hydrogen-bond acceptors (Lipinski definition) is 2. The summed E-state index contributed by atoms with van der Waals surface area (Å²) in [6, 6.07) is 0. The molecular formula is C20H34O2. The number of hydrogen-bond donors (Lipinski definition) is 2. The monoisotopic (exact) mass is 309 g/mol. The Kier molecular flexibility index (Phi) is 2.64. The average Bonchev–Trinajstić information content (AvgIpc) is 2.81. The molecule has 0 saturated heterocycles. The summed E-state index contributed by atoms with van der Waals surface area (Å²) < 4.78 is 23.9. The molecule has 2 nitrogen and oxygen atoms in total. The third kappa shape index (κ3) is 1.86. The van der Waals surface area contributed by atoms with Crippen LogP contribution in [0.2, 0.25) is 0 Å². The Balaban J connectivity index is 1.65. The first kappa shape index (κ1) is 12.3. The predicted octanol–water partition coefficient (Wildman–Crippen LogP) is 4.14. The maximum absolute atomic E-state index is 11.2. The van der Waals surface area contributed by atoms with Gasteiger partial charge >= 0.3 is 0 Å². The molecule has 2 heteroatoms. The van der Waals surface area contributed by atoms with Crippen LogP contribution in [-0.4, -0.2) is 21.9 Å². The largest absolute Gasteiger partial charge is 0.393 e. The van der Waals surface area contributed by atoms with Crippen LogP contribution in [0.3, 0.4) is 0 Å². The van der Waals surface area contributed by atoms with E-state index in [4.69, 9.17) is 4.11 Å². The van der Waals surface area contributed by atoms with Crippen LogP contribution in [0.5, 0.6) is 0 Å². The van der Waals surface area contributed by atoms with Gasteiger partial charge in [0.05, 0.1) is 11.7 Å². The molecule has 0 aromatic rings. The van der Waals surface area contributed by atoms with Gasteiger partial charge in [-0.05, 0) is 99.1 Å². The van der Waals surface area contributed by atoms with Crippen LogP contribution >= 0.6 is 0 Å². The highest BCUT2D eigenvalue weighted by Gasteiger charge is 2.63. The SMILES string of the molecule is [2H]C([2H])([2H])[C@]1(O)CC[C@H]2[C@@H]3CC[C@H]4C[C@H](O)CC[C@]4(C)[C@H]3CC[C@@]21C. The van der Waals surface area contributed by atoms with Crippen molar-refractivity contribution in [2.45, 2.75) is 90.2 Å². The van der Waals surface area contributed by atoms with Crippen molar-refractivity contribution in [2.75, 3.05) is 0 Å². The van der Waals surface area contributed by atoms with E-state index in [0.717, 1.165) is 51.4 Å². The van der Waals surface area contributed by atoms with Gasteiger partial charge < -0.3 is 10.2 Å². The van der Waals surface area contributed by atoms with Crippen molar-refractivity contribution in [2.24, 2.45) is 34.5 Å². The van der Waals surface area contributed by atoms with Crippen LogP contribution < -0.4 is 0 Å². The lowest BCUT2D eigenvalue weighted by atomic mass is 9.44. The fourth-order valence-corrected chi connectivity index (χ4v) is 7.25. The van der Waals surface area contributed by atoms with E-state index in [1.807, 2.05) is 0 Å². The van der Waals surface area contributed by atoms with Crippen LogP contribution in [0.4, 0.5) is 0 Å². The molecule has 4 rings (SSSR count). The summed E-state index contributed by atoms with van der Waals surface area (Å²) in [6.45, 7) is 2.21. The van der Waals surface area contributed by atoms with Gasteiger partial charge in [-0.1, -0.05) is 13.8 Å². The first-order chi connectivity index (χ1) is 11.5. The van der Waals surface area contributed by atoms with Gasteiger partial charge in [-0.2, -0.15) is 0 Å². The molecule has 2 N–H and O–H groups in total. The molecule has 0 bridgehead atoms. The predicted molar refractivity (Wildman–Crippen MR) is 88.4 cm³/mol. The molecule has 126 valence electrons. The third-order valence-electron chi connectivity index (χ3n) is 8.79. The summed E-state index contributed by atoms with van der Waals surface area (Å²) in [7, 11) is 0. The minimum atomic E-state index is -2.29. The summed E-state index contributed by atoms with van der Waals surface area (Å²) in [5.74, 6) is 2.13. The molecule has 4 aliphatic rings. The highest BCUT2D eigenvalue weighted by atomic mass is 16.3. The second-order valence-corrected chi connectivity index (χ2v) is 9.44. The van der Waals surface area contributed by atoms with Crippen molar-refractivity contribution in [1.82, 2.24) is 0 Å². The number of rotatable bonds is 0. The second kappa shape index (κ2) is 4.72. The number of aliphatic hydroxyl groups is 2. The quantitative estimate of drug-likeness (QED) is 0.706. The van der Waals surface area contributed by atoms with E-state index in [0.29, 0.717) is 35.5 Å². The van der Waals surface area contributed by atoms with E-state index < -0.39 is 17.9 Å². The van der Waals surface area contributed by atoms with E-state index >= 15 is 0 Å². The van der Waals surface area contributed by atoms with Gasteiger partial charge in [0.1, 0.15) is 0 Å². The molecule has 0 heterocycles. The van der Waals surface area contributed by atoms with Crippen LogP contribution in [-0.2, 0) is 0 Å². The molecule has 8 atom stereocenters. The Hall–Kier alpha value is -0.0800. The van der Waals surface area contributed by atoms with Gasteiger partial charge in [0.2, 0.25) is 0 Å². The zero-order valence-corrected chi connectivity index (χ0v) is 14.1. The molecular weight excluding hydrogens is 272 g/mol. The Morgan fingerprint density at radius 3 is 2.50 bits per heavy atom. The van der Waals surface area contributed by atoms with Crippen molar-refractivity contribution in [3.05, 3.63) is 0 Å². The average molecular weight is 310 g/mol. The van der Waals surface area contributed by atoms with Crippen molar-refractivity contribution in [3.63, 3.8) is 0 Å². The fraction of sp³-hybridized carbons (Fsp3) is 1.00. The van der Waals surface area contributed by atoms with E-state index in [1.54, 1.807) is 0 Å². The fourth-order valence-electron chi connectivity index (χ4n) is 7.25. The van der Waals surface area contributed by atoms with Gasteiger partial charge in [-0.15, -0.1) is 0 Å². The summed E-state index contributed by atoms with van der Waals surface area (Å²) in [4.78, 5) is 0. The third-order valence-corrected chi connectivity index (χ3v) is 8.79. The minimum absolute atomic E-state index is 0.129. The highest BCUT2D eigenvalue weighted by Crippen LogP contribution is 2.68. The minimum Gasteiger partial charge on any atom is -0.393 e. The number of aliphatic hydroxyl groups excluding tert-OH is 1. The van der Waals surface area contributed by atoms with Crippen molar-refractivity contribution in [1.29, 1.82) is 0 Å². The number of fused-ring (bicyclic) bond motifs is 5. The lowest BCUT2D eigenvalue weighted by Gasteiger charge is -2.61. The van der Waals surface area contributed by atoms with Crippen molar-refractivity contribution >= 4 is 0 Å². The van der Waals surface area contributed by atoms with Crippen LogP contribution in [0.1, 0.15) is 82.6 Å². The standard InChI is InChI=1S/C20H34O2/c1-18-9-6-14(21)12-13(18)4-5-15-16(18)7-10-19(2)17(15)8-11-20(19,3)22/h13-17,21-22H,4-12H2,1-3H3/t13-,14+,15+,16-,17-,18-,19-,20-/m0/s1/i3D3. The summed E-state index contributed by atoms with van der Waals surface area (Å²) in [6.07, 6.45) is 8.30. The lowest BCUT2D eigenvalue weighted by molar-refractivity contribution is -0.153. The maximum atomic E-state index is 11.2. The van der Waals surface area contributed by atoms with E-state index in [-0.39, 0.29) is 6.10 Å². The Morgan fingerprint density at radius 1 is 0.955 bits per heavy atom. The highest BCUT2D eigenvalue weighted by molar-refractivity contribution is 5.12. The lowest BCUT2D eigenvalue weighted by Crippen LogP contribution is -2.56. The molecule has 4 aliphatic carbocycles. The summed E-state index contributed by atoms with van der Waals surface area (Å²) in [5.41, 5.74) is -1.70. The zero-order valence-electron chi connectivity index (χ0n) is 17.1. The molecule has 0 aromatic heterocycles. The topological polar surface area (TPSA) is 40.5 Å². The second-order valence-electron chi connectivity index (χ2n) is 9.44. The summed E-state index contributed by atoms with van der Waals surface area (Å²) >= 11 is 0. The Bertz CT molecular complexity index is 550. The van der Waals surface area contributed by atoms with Crippen LogP contribution in [0.25, 0.3) is 0 Å². The molecule has 22 heavy (non-hydrogen) atoms. The zero-order chi connectivity index (χ0) is 18.3. The van der Waals surface area contributed by atoms with E-state index in [1.165, 1.54) is 0 Å². The molecule has 4 saturated carbocycles. The van der Waals surface area contributed by atoms with Gasteiger partial charge in [0.25, 0.3) is 0 Å². The normalized spacial score (nSPS) is 63.8. The van der Waals surface area contributed by atoms with Gasteiger partial charge in [-0.25, -0.2) is 0 Å². The van der Waals surface area contributed by atoms with Crippen LogP contribution in [0, 0.1) is 34.5 Å². The molecule has 0 unspecified atom stereocenters. The van der Waals surface area contributed by atoms with Gasteiger partial charge in [0, 0.05) is 4.11 Å².